The summed E-state index contributed by atoms with van der Waals surface area (Å²) in [6, 6.07) is -1.32. The lowest BCUT2D eigenvalue weighted by Gasteiger charge is -2.48. The van der Waals surface area contributed by atoms with Crippen molar-refractivity contribution in [2.75, 3.05) is 45.3 Å². The van der Waals surface area contributed by atoms with Gasteiger partial charge in [-0.3, -0.25) is 14.5 Å². The van der Waals surface area contributed by atoms with Crippen molar-refractivity contribution in [1.82, 2.24) is 15.4 Å². The average Bonchev–Trinajstić information content (AvgIpc) is 3.53. The van der Waals surface area contributed by atoms with E-state index in [0.717, 1.165) is 12.8 Å². The Bertz CT molecular complexity index is 1860. The van der Waals surface area contributed by atoms with Crippen molar-refractivity contribution in [3.63, 3.8) is 0 Å². The van der Waals surface area contributed by atoms with Crippen LogP contribution in [0.5, 0.6) is 11.6 Å². The molecule has 3 N–H and O–H groups in total. The number of aromatic nitrogens is 1. The Morgan fingerprint density at radius 2 is 1.83 bits per heavy atom. The summed E-state index contributed by atoms with van der Waals surface area (Å²) in [4.78, 5) is 46.2. The third-order valence-electron chi connectivity index (χ3n) is 10.9. The van der Waals surface area contributed by atoms with Crippen molar-refractivity contribution >= 4 is 29.1 Å². The summed E-state index contributed by atoms with van der Waals surface area (Å²) in [5.74, 6) is -4.97. The van der Waals surface area contributed by atoms with Crippen molar-refractivity contribution in [3.05, 3.63) is 52.1 Å². The van der Waals surface area contributed by atoms with Gasteiger partial charge in [-0.15, -0.1) is 6.58 Å². The van der Waals surface area contributed by atoms with Crippen LogP contribution in [0.25, 0.3) is 5.76 Å². The predicted octanol–water partition coefficient (Wildman–Crippen LogP) is 6.39. The van der Waals surface area contributed by atoms with Gasteiger partial charge in [-0.2, -0.15) is 0 Å². The fourth-order valence-electron chi connectivity index (χ4n) is 8.36. The molecule has 1 aromatic carbocycles. The molecule has 6 rings (SSSR count). The number of hydrogen-bond acceptors (Lipinski definition) is 12. The topological polar surface area (TPSA) is 164 Å². The minimum Gasteiger partial charge on any atom is -0.507 e. The number of halogens is 1. The molecule has 1 unspecified atom stereocenters. The standard InChI is InChI=1S/C40H53FN4O9/c1-9-12-17-51-34-26-22(29(41)27-24(44(7)8)14-16-45(31(27)34)38(49)53-39(4,5)6)19-21-20-23-30(42-15-11-3)33-28(37(43-54-33)52-18-13-10-2)36(48)40(23,50)35(47)25(21)32(26)46/h11,21,23-24,30,42,46,50H,3,9-10,12-20H2,1-2,4-8H3/t21-,23-,24?,30-,40-/m0/s1. The molecule has 0 bridgehead atoms. The summed E-state index contributed by atoms with van der Waals surface area (Å²) in [5.41, 5.74) is -3.43. The number of rotatable bonds is 12. The zero-order chi connectivity index (χ0) is 39.3. The lowest BCUT2D eigenvalue weighted by atomic mass is 9.57. The van der Waals surface area contributed by atoms with E-state index in [9.17, 15) is 24.6 Å². The van der Waals surface area contributed by atoms with Crippen LogP contribution in [0.1, 0.15) is 118 Å². The molecule has 2 heterocycles. The molecule has 0 saturated heterocycles. The van der Waals surface area contributed by atoms with Crippen molar-refractivity contribution < 1.29 is 47.7 Å². The second-order valence-electron chi connectivity index (χ2n) is 15.9. The number of Topliss-reactive ketones (excluding diaryl/α,β-unsaturated/α-hetero) is 2. The van der Waals surface area contributed by atoms with E-state index in [-0.39, 0.29) is 90.0 Å². The van der Waals surface area contributed by atoms with Crippen molar-refractivity contribution in [2.24, 2.45) is 11.8 Å². The molecule has 1 aromatic heterocycles. The number of aliphatic hydroxyl groups is 2. The van der Waals surface area contributed by atoms with E-state index in [1.165, 1.54) is 4.90 Å². The lowest BCUT2D eigenvalue weighted by molar-refractivity contribution is -0.140. The van der Waals surface area contributed by atoms with Crippen molar-refractivity contribution in [2.45, 2.75) is 103 Å². The van der Waals surface area contributed by atoms with E-state index in [4.69, 9.17) is 18.7 Å². The number of hydrogen-bond donors (Lipinski definition) is 3. The lowest BCUT2D eigenvalue weighted by Crippen LogP contribution is -2.63. The molecule has 1 aliphatic heterocycles. The number of nitrogens with one attached hydrogen (secondary N) is 1. The van der Waals surface area contributed by atoms with Crippen LogP contribution in [0.3, 0.4) is 0 Å². The fourth-order valence-corrected chi connectivity index (χ4v) is 8.36. The predicted molar refractivity (Wildman–Crippen MR) is 198 cm³/mol. The monoisotopic (exact) mass is 752 g/mol. The second-order valence-corrected chi connectivity index (χ2v) is 15.9. The van der Waals surface area contributed by atoms with Crippen molar-refractivity contribution in [1.29, 1.82) is 0 Å². The number of nitrogens with zero attached hydrogens (tertiary/aromatic N) is 3. The Morgan fingerprint density at radius 1 is 1.15 bits per heavy atom. The molecule has 1 amide bonds. The first-order valence-electron chi connectivity index (χ1n) is 19.0. The summed E-state index contributed by atoms with van der Waals surface area (Å²) in [6.07, 6.45) is 4.13. The maximum Gasteiger partial charge on any atom is 0.414 e. The van der Waals surface area contributed by atoms with Gasteiger partial charge >= 0.3 is 6.09 Å². The summed E-state index contributed by atoms with van der Waals surface area (Å²) in [7, 11) is 3.66. The number of aliphatic hydroxyl groups excluding tert-OH is 1. The third kappa shape index (κ3) is 6.49. The Hall–Kier alpha value is -4.27. The van der Waals surface area contributed by atoms with Crippen LogP contribution in [-0.4, -0.2) is 89.5 Å². The Balaban J connectivity index is 1.56. The van der Waals surface area contributed by atoms with Crippen molar-refractivity contribution in [3.8, 4) is 11.6 Å². The highest BCUT2D eigenvalue weighted by atomic mass is 19.1. The highest BCUT2D eigenvalue weighted by molar-refractivity contribution is 6.26. The average molecular weight is 753 g/mol. The van der Waals surface area contributed by atoms with Crippen LogP contribution in [-0.2, 0) is 16.0 Å². The number of unbranched alkanes of at least 4 members (excludes halogenated alkanes) is 2. The van der Waals surface area contributed by atoms with Crippen LogP contribution >= 0.6 is 0 Å². The molecule has 0 radical (unpaired) electrons. The van der Waals surface area contributed by atoms with E-state index >= 15 is 4.39 Å². The second kappa shape index (κ2) is 15.1. The van der Waals surface area contributed by atoms with Gasteiger partial charge in [0.25, 0.3) is 5.88 Å². The fraction of sp³-hybridized carbons (Fsp3) is 0.600. The molecule has 1 saturated carbocycles. The summed E-state index contributed by atoms with van der Waals surface area (Å²) in [5, 5.41) is 32.0. The molecule has 5 atom stereocenters. The van der Waals surface area contributed by atoms with Gasteiger partial charge in [0.1, 0.15) is 22.7 Å². The van der Waals surface area contributed by atoms with E-state index in [2.05, 4.69) is 17.1 Å². The molecule has 0 spiro atoms. The van der Waals surface area contributed by atoms with Crippen LogP contribution in [0.15, 0.2) is 22.8 Å². The first-order chi connectivity index (χ1) is 25.6. The van der Waals surface area contributed by atoms with Crippen LogP contribution in [0, 0.1) is 17.7 Å². The first-order valence-corrected chi connectivity index (χ1v) is 19.0. The summed E-state index contributed by atoms with van der Waals surface area (Å²) < 4.78 is 41.1. The molecule has 3 aliphatic carbocycles. The number of carbonyl (C=O) groups is 3. The van der Waals surface area contributed by atoms with Gasteiger partial charge in [-0.25, -0.2) is 9.18 Å². The van der Waals surface area contributed by atoms with Crippen LogP contribution in [0.4, 0.5) is 14.9 Å². The minimum atomic E-state index is -2.65. The van der Waals surface area contributed by atoms with Crippen LogP contribution in [0.2, 0.25) is 0 Å². The summed E-state index contributed by atoms with van der Waals surface area (Å²) >= 11 is 0. The van der Waals surface area contributed by atoms with Gasteiger partial charge in [0, 0.05) is 41.7 Å². The number of ketones is 2. The highest BCUT2D eigenvalue weighted by Gasteiger charge is 2.65. The number of amides is 1. The number of fused-ring (bicyclic) bond motifs is 5. The van der Waals surface area contributed by atoms with Gasteiger partial charge in [-0.05, 0) is 78.0 Å². The molecule has 294 valence electrons. The maximum absolute atomic E-state index is 17.4. The minimum absolute atomic E-state index is 0.0114. The van der Waals surface area contributed by atoms with E-state index < -0.39 is 64.4 Å². The molecule has 54 heavy (non-hydrogen) atoms. The largest absolute Gasteiger partial charge is 0.507 e. The third-order valence-corrected chi connectivity index (χ3v) is 10.9. The molecule has 1 fully saturated rings. The zero-order valence-corrected chi connectivity index (χ0v) is 32.3. The first kappa shape index (κ1) is 39.4. The maximum atomic E-state index is 17.4. The van der Waals surface area contributed by atoms with E-state index in [0.29, 0.717) is 19.3 Å². The normalized spacial score (nSPS) is 24.7. The Labute approximate surface area is 315 Å². The highest BCUT2D eigenvalue weighted by Crippen LogP contribution is 2.58. The Kier molecular flexibility index (Phi) is 11.0. The molecular weight excluding hydrogens is 699 g/mol. The number of carbonyl (C=O) groups excluding carboxylic acids is 3. The molecule has 2 aromatic rings. The van der Waals surface area contributed by atoms with Gasteiger partial charge in [0.15, 0.2) is 17.1 Å². The molecular formula is C40H53FN4O9. The van der Waals surface area contributed by atoms with Crippen LogP contribution < -0.4 is 19.7 Å². The van der Waals surface area contributed by atoms with E-state index in [1.807, 2.05) is 32.8 Å². The zero-order valence-electron chi connectivity index (χ0n) is 32.3. The van der Waals surface area contributed by atoms with Gasteiger partial charge in [0.2, 0.25) is 11.6 Å². The van der Waals surface area contributed by atoms with Gasteiger partial charge in [-0.1, -0.05) is 32.8 Å². The molecule has 13 nitrogen and oxygen atoms in total. The molecule has 4 aliphatic rings. The van der Waals surface area contributed by atoms with E-state index in [1.54, 1.807) is 26.8 Å². The number of benzene rings is 1. The van der Waals surface area contributed by atoms with Gasteiger partial charge < -0.3 is 39.2 Å². The number of ether oxygens (including phenoxy) is 3. The summed E-state index contributed by atoms with van der Waals surface area (Å²) in [6.45, 7) is 13.8. The van der Waals surface area contributed by atoms with Gasteiger partial charge in [0.05, 0.1) is 30.5 Å². The number of anilines is 1. The Morgan fingerprint density at radius 3 is 2.46 bits per heavy atom. The SMILES string of the molecule is C=CCN[C@@H]1c2onc(OCCCC)c2C(=O)[C@@]2(O)C(=O)C3=C(O)c4c(c(F)c5c(c4OCCCC)N(C(=O)OC(C)(C)C)CCC5N(C)C)C[C@H]3C[C@@H]12. The smallest absolute Gasteiger partial charge is 0.414 e. The molecule has 14 heteroatoms. The quantitative estimate of drug-likeness (QED) is 0.125.